The van der Waals surface area contributed by atoms with Gasteiger partial charge in [0.2, 0.25) is 0 Å². The van der Waals surface area contributed by atoms with Crippen LogP contribution in [0.4, 0.5) is 4.39 Å². The van der Waals surface area contributed by atoms with Crippen LogP contribution < -0.4 is 5.73 Å². The Hall–Kier alpha value is -0.420. The molecule has 0 amide bonds. The van der Waals surface area contributed by atoms with E-state index in [2.05, 4.69) is 31.9 Å². The van der Waals surface area contributed by atoms with E-state index in [4.69, 9.17) is 17.3 Å². The lowest BCUT2D eigenvalue weighted by Gasteiger charge is -2.14. The summed E-state index contributed by atoms with van der Waals surface area (Å²) in [6, 6.07) is 9.93. The van der Waals surface area contributed by atoms with Crippen LogP contribution in [0.15, 0.2) is 45.3 Å². The predicted octanol–water partition coefficient (Wildman–Crippen LogP) is 5.05. The largest absolute Gasteiger partial charge is 0.320 e. The smallest absolute Gasteiger partial charge is 0.137 e. The molecule has 1 atom stereocenters. The van der Waals surface area contributed by atoms with Gasteiger partial charge in [0.1, 0.15) is 5.82 Å². The van der Waals surface area contributed by atoms with Crippen LogP contribution in [0.5, 0.6) is 0 Å². The van der Waals surface area contributed by atoms with Crippen molar-refractivity contribution in [2.75, 3.05) is 0 Å². The fraction of sp³-hybridized carbons (Fsp3) is 0.0769. The van der Waals surface area contributed by atoms with E-state index in [0.717, 1.165) is 15.6 Å². The van der Waals surface area contributed by atoms with E-state index in [1.165, 1.54) is 6.07 Å². The summed E-state index contributed by atoms with van der Waals surface area (Å²) in [5.41, 5.74) is 7.89. The molecular formula is C13H9Br2ClFN. The first-order chi connectivity index (χ1) is 8.49. The van der Waals surface area contributed by atoms with Gasteiger partial charge in [-0.15, -0.1) is 0 Å². The molecule has 0 aromatic heterocycles. The van der Waals surface area contributed by atoms with Crippen LogP contribution in [-0.4, -0.2) is 0 Å². The average molecular weight is 393 g/mol. The highest BCUT2D eigenvalue weighted by Gasteiger charge is 2.12. The van der Waals surface area contributed by atoms with Gasteiger partial charge in [0.25, 0.3) is 0 Å². The van der Waals surface area contributed by atoms with Crippen molar-refractivity contribution in [2.45, 2.75) is 6.04 Å². The molecule has 1 unspecified atom stereocenters. The van der Waals surface area contributed by atoms with Crippen molar-refractivity contribution in [3.05, 3.63) is 67.3 Å². The molecule has 0 fully saturated rings. The molecule has 2 aromatic rings. The Morgan fingerprint density at radius 1 is 1.00 bits per heavy atom. The number of halogens is 4. The Bertz CT molecular complexity index is 538. The van der Waals surface area contributed by atoms with E-state index in [1.54, 1.807) is 18.2 Å². The second-order valence-electron chi connectivity index (χ2n) is 3.82. The van der Waals surface area contributed by atoms with Crippen LogP contribution in [-0.2, 0) is 0 Å². The number of nitrogens with two attached hydrogens (primary N) is 1. The maximum absolute atomic E-state index is 13.2. The molecule has 0 heterocycles. The lowest BCUT2D eigenvalue weighted by Crippen LogP contribution is -2.12. The average Bonchev–Trinajstić information content (AvgIpc) is 2.35. The molecule has 0 aliphatic carbocycles. The monoisotopic (exact) mass is 391 g/mol. The molecule has 0 radical (unpaired) electrons. The molecule has 0 saturated heterocycles. The highest BCUT2D eigenvalue weighted by Crippen LogP contribution is 2.29. The third-order valence-electron chi connectivity index (χ3n) is 2.61. The van der Waals surface area contributed by atoms with E-state index in [9.17, 15) is 4.39 Å². The molecular weight excluding hydrogens is 384 g/mol. The maximum atomic E-state index is 13.2. The van der Waals surface area contributed by atoms with E-state index in [-0.39, 0.29) is 11.9 Å². The molecule has 1 nitrogen and oxygen atoms in total. The Morgan fingerprint density at radius 2 is 1.56 bits per heavy atom. The second-order valence-corrected chi connectivity index (χ2v) is 5.94. The quantitative estimate of drug-likeness (QED) is 0.759. The summed E-state index contributed by atoms with van der Waals surface area (Å²) in [5.74, 6) is -0.303. The molecule has 2 N–H and O–H groups in total. The fourth-order valence-electron chi connectivity index (χ4n) is 1.60. The minimum Gasteiger partial charge on any atom is -0.320 e. The molecule has 0 bridgehead atoms. The molecule has 5 heteroatoms. The summed E-state index contributed by atoms with van der Waals surface area (Å²) >= 11 is 12.4. The number of hydrogen-bond donors (Lipinski definition) is 1. The van der Waals surface area contributed by atoms with Gasteiger partial charge in [-0.2, -0.15) is 0 Å². The standard InChI is InChI=1S/C13H9Br2ClFN/c14-9-5-7(1-3-11(9)16)13(18)8-2-4-12(17)10(15)6-8/h1-6,13H,18H2. The minimum absolute atomic E-state index is 0.303. The van der Waals surface area contributed by atoms with Crippen molar-refractivity contribution in [3.8, 4) is 0 Å². The maximum Gasteiger partial charge on any atom is 0.137 e. The van der Waals surface area contributed by atoms with Crippen LogP contribution in [0.25, 0.3) is 0 Å². The summed E-state index contributed by atoms with van der Waals surface area (Å²) in [4.78, 5) is 0. The zero-order chi connectivity index (χ0) is 13.3. The molecule has 0 aliphatic rings. The second kappa shape index (κ2) is 5.70. The molecule has 0 saturated carbocycles. The van der Waals surface area contributed by atoms with Crippen molar-refractivity contribution in [3.63, 3.8) is 0 Å². The fourth-order valence-corrected chi connectivity index (χ4v) is 2.51. The Balaban J connectivity index is 2.37. The van der Waals surface area contributed by atoms with Crippen LogP contribution in [0.1, 0.15) is 17.2 Å². The Kier molecular flexibility index (Phi) is 4.43. The molecule has 2 aromatic carbocycles. The van der Waals surface area contributed by atoms with Gasteiger partial charge in [0.05, 0.1) is 15.5 Å². The number of benzene rings is 2. The zero-order valence-corrected chi connectivity index (χ0v) is 13.1. The van der Waals surface area contributed by atoms with Crippen molar-refractivity contribution in [1.29, 1.82) is 0 Å². The molecule has 18 heavy (non-hydrogen) atoms. The van der Waals surface area contributed by atoms with E-state index < -0.39 is 0 Å². The molecule has 0 aliphatic heterocycles. The first-order valence-electron chi connectivity index (χ1n) is 5.14. The predicted molar refractivity (Wildman–Crippen MR) is 79.3 cm³/mol. The van der Waals surface area contributed by atoms with Crippen LogP contribution in [0.2, 0.25) is 5.02 Å². The summed E-state index contributed by atoms with van der Waals surface area (Å²) in [6.07, 6.45) is 0. The van der Waals surface area contributed by atoms with Gasteiger partial charge in [-0.25, -0.2) is 4.39 Å². The van der Waals surface area contributed by atoms with E-state index in [0.29, 0.717) is 9.50 Å². The number of hydrogen-bond acceptors (Lipinski definition) is 1. The van der Waals surface area contributed by atoms with Crippen molar-refractivity contribution < 1.29 is 4.39 Å². The number of rotatable bonds is 2. The van der Waals surface area contributed by atoms with Crippen molar-refractivity contribution in [1.82, 2.24) is 0 Å². The minimum atomic E-state index is -0.324. The van der Waals surface area contributed by atoms with Gasteiger partial charge in [-0.05, 0) is 67.3 Å². The van der Waals surface area contributed by atoms with Gasteiger partial charge in [-0.1, -0.05) is 23.7 Å². The lowest BCUT2D eigenvalue weighted by atomic mass is 10.00. The first kappa shape index (κ1) is 14.0. The molecule has 0 spiro atoms. The Morgan fingerprint density at radius 3 is 2.11 bits per heavy atom. The van der Waals surface area contributed by atoms with Gasteiger partial charge >= 0.3 is 0 Å². The third kappa shape index (κ3) is 2.94. The van der Waals surface area contributed by atoms with Crippen LogP contribution >= 0.6 is 43.5 Å². The Labute approximate surface area is 126 Å². The van der Waals surface area contributed by atoms with Gasteiger partial charge in [0.15, 0.2) is 0 Å². The normalized spacial score (nSPS) is 12.5. The van der Waals surface area contributed by atoms with Gasteiger partial charge in [-0.3, -0.25) is 0 Å². The van der Waals surface area contributed by atoms with Crippen molar-refractivity contribution in [2.24, 2.45) is 5.73 Å². The SMILES string of the molecule is NC(c1ccc(F)c(Br)c1)c1ccc(Cl)c(Br)c1. The highest BCUT2D eigenvalue weighted by molar-refractivity contribution is 9.10. The van der Waals surface area contributed by atoms with Crippen LogP contribution in [0, 0.1) is 5.82 Å². The molecule has 94 valence electrons. The summed E-state index contributed by atoms with van der Waals surface area (Å²) in [6.45, 7) is 0. The van der Waals surface area contributed by atoms with E-state index in [1.807, 2.05) is 12.1 Å². The zero-order valence-electron chi connectivity index (χ0n) is 9.13. The van der Waals surface area contributed by atoms with Crippen molar-refractivity contribution >= 4 is 43.5 Å². The summed E-state index contributed by atoms with van der Waals surface area (Å²) < 4.78 is 14.4. The van der Waals surface area contributed by atoms with Gasteiger partial charge in [0, 0.05) is 4.47 Å². The summed E-state index contributed by atoms with van der Waals surface area (Å²) in [5, 5.41) is 0.631. The molecule has 2 rings (SSSR count). The topological polar surface area (TPSA) is 26.0 Å². The first-order valence-corrected chi connectivity index (χ1v) is 7.11. The summed E-state index contributed by atoms with van der Waals surface area (Å²) in [7, 11) is 0. The van der Waals surface area contributed by atoms with Crippen LogP contribution in [0.3, 0.4) is 0 Å². The third-order valence-corrected chi connectivity index (χ3v) is 4.43. The highest BCUT2D eigenvalue weighted by atomic mass is 79.9. The van der Waals surface area contributed by atoms with Gasteiger partial charge < -0.3 is 5.73 Å². The van der Waals surface area contributed by atoms with E-state index >= 15 is 0 Å². The lowest BCUT2D eigenvalue weighted by molar-refractivity contribution is 0.619.